The molecule has 0 atom stereocenters. The molecule has 0 radical (unpaired) electrons. The zero-order chi connectivity index (χ0) is 20.2. The molecule has 4 aromatic rings. The lowest BCUT2D eigenvalue weighted by atomic mass is 10.1. The van der Waals surface area contributed by atoms with Crippen molar-refractivity contribution in [3.63, 3.8) is 0 Å². The van der Waals surface area contributed by atoms with Crippen LogP contribution < -0.4 is 5.56 Å². The summed E-state index contributed by atoms with van der Waals surface area (Å²) in [5.74, 6) is 0.0306. The van der Waals surface area contributed by atoms with Crippen LogP contribution in [0.15, 0.2) is 64.3 Å². The van der Waals surface area contributed by atoms with Crippen molar-refractivity contribution >= 4 is 39.5 Å². The largest absolute Gasteiger partial charge is 0.332 e. The number of hydrogen-bond acceptors (Lipinski definition) is 5. The van der Waals surface area contributed by atoms with E-state index in [1.165, 1.54) is 4.57 Å². The summed E-state index contributed by atoms with van der Waals surface area (Å²) in [7, 11) is 0. The molecule has 0 saturated heterocycles. The van der Waals surface area contributed by atoms with Crippen molar-refractivity contribution in [2.45, 2.75) is 33.0 Å². The SMILES string of the molecule is Cc1cccc2c(=O)n(CCC(=O)N(Cc3cccs3)Cc3cccs3)cnc12. The van der Waals surface area contributed by atoms with Gasteiger partial charge in [-0.15, -0.1) is 22.7 Å². The van der Waals surface area contributed by atoms with Crippen LogP contribution in [0, 0.1) is 6.92 Å². The monoisotopic (exact) mass is 423 g/mol. The van der Waals surface area contributed by atoms with E-state index in [4.69, 9.17) is 0 Å². The number of rotatable bonds is 7. The summed E-state index contributed by atoms with van der Waals surface area (Å²) in [6, 6.07) is 13.7. The fourth-order valence-corrected chi connectivity index (χ4v) is 4.72. The van der Waals surface area contributed by atoms with E-state index in [0.29, 0.717) is 25.0 Å². The zero-order valence-corrected chi connectivity index (χ0v) is 17.7. The molecule has 4 rings (SSSR count). The van der Waals surface area contributed by atoms with Gasteiger partial charge in [0.1, 0.15) is 0 Å². The molecule has 0 aliphatic rings. The molecule has 3 aromatic heterocycles. The van der Waals surface area contributed by atoms with E-state index >= 15 is 0 Å². The van der Waals surface area contributed by atoms with E-state index in [1.54, 1.807) is 35.1 Å². The van der Waals surface area contributed by atoms with Crippen LogP contribution in [-0.4, -0.2) is 20.4 Å². The Bertz CT molecular complexity index is 1130. The van der Waals surface area contributed by atoms with Crippen molar-refractivity contribution in [1.29, 1.82) is 0 Å². The number of nitrogens with zero attached hydrogens (tertiary/aromatic N) is 3. The van der Waals surface area contributed by atoms with E-state index < -0.39 is 0 Å². The minimum absolute atomic E-state index is 0.0306. The first-order valence-electron chi connectivity index (χ1n) is 9.39. The van der Waals surface area contributed by atoms with E-state index in [1.807, 2.05) is 59.0 Å². The van der Waals surface area contributed by atoms with Gasteiger partial charge in [0, 0.05) is 22.7 Å². The van der Waals surface area contributed by atoms with Gasteiger partial charge in [0.15, 0.2) is 0 Å². The van der Waals surface area contributed by atoms with E-state index in [-0.39, 0.29) is 17.9 Å². The van der Waals surface area contributed by atoms with Gasteiger partial charge in [0.05, 0.1) is 30.3 Å². The topological polar surface area (TPSA) is 55.2 Å². The highest BCUT2D eigenvalue weighted by molar-refractivity contribution is 7.10. The standard InChI is InChI=1S/C22H21N3O2S2/c1-16-5-2-8-19-21(16)23-15-24(22(19)27)10-9-20(26)25(13-17-6-3-11-28-17)14-18-7-4-12-29-18/h2-8,11-12,15H,9-10,13-14H2,1H3. The van der Waals surface area contributed by atoms with Gasteiger partial charge in [-0.2, -0.15) is 0 Å². The van der Waals surface area contributed by atoms with Gasteiger partial charge >= 0.3 is 0 Å². The Kier molecular flexibility index (Phi) is 5.87. The highest BCUT2D eigenvalue weighted by Crippen LogP contribution is 2.18. The fourth-order valence-electron chi connectivity index (χ4n) is 3.28. The summed E-state index contributed by atoms with van der Waals surface area (Å²) in [6.07, 6.45) is 1.81. The Balaban J connectivity index is 1.51. The number of fused-ring (bicyclic) bond motifs is 1. The molecular weight excluding hydrogens is 402 g/mol. The molecule has 0 bridgehead atoms. The van der Waals surface area contributed by atoms with Crippen LogP contribution in [0.3, 0.4) is 0 Å². The van der Waals surface area contributed by atoms with Gasteiger partial charge in [-0.3, -0.25) is 14.2 Å². The number of hydrogen-bond donors (Lipinski definition) is 0. The molecule has 3 heterocycles. The molecular formula is C22H21N3O2S2. The maximum atomic E-state index is 13.0. The average Bonchev–Trinajstić information content (AvgIpc) is 3.42. The summed E-state index contributed by atoms with van der Waals surface area (Å²) >= 11 is 3.29. The number of thiophene rings is 2. The van der Waals surface area contributed by atoms with Crippen LogP contribution in [-0.2, 0) is 24.4 Å². The predicted octanol–water partition coefficient (Wildman–Crippen LogP) is 4.45. The van der Waals surface area contributed by atoms with Gasteiger partial charge in [0.2, 0.25) is 5.91 Å². The number of aryl methyl sites for hydroxylation is 2. The minimum Gasteiger partial charge on any atom is -0.332 e. The van der Waals surface area contributed by atoms with Crippen LogP contribution in [0.5, 0.6) is 0 Å². The number of amides is 1. The quantitative estimate of drug-likeness (QED) is 0.441. The molecule has 0 fully saturated rings. The van der Waals surface area contributed by atoms with E-state index in [9.17, 15) is 9.59 Å². The Hall–Kier alpha value is -2.77. The highest BCUT2D eigenvalue weighted by atomic mass is 32.1. The number of carbonyl (C=O) groups excluding carboxylic acids is 1. The summed E-state index contributed by atoms with van der Waals surface area (Å²) in [4.78, 5) is 34.4. The van der Waals surface area contributed by atoms with Gasteiger partial charge in [-0.25, -0.2) is 4.98 Å². The molecule has 1 amide bonds. The zero-order valence-electron chi connectivity index (χ0n) is 16.1. The second-order valence-electron chi connectivity index (χ2n) is 6.87. The lowest BCUT2D eigenvalue weighted by Gasteiger charge is -2.22. The fraction of sp³-hybridized carbons (Fsp3) is 0.227. The summed E-state index contributed by atoms with van der Waals surface area (Å²) in [6.45, 7) is 3.42. The third-order valence-corrected chi connectivity index (χ3v) is 6.55. The maximum absolute atomic E-state index is 13.0. The van der Waals surface area contributed by atoms with Crippen LogP contribution >= 0.6 is 22.7 Å². The molecule has 0 spiro atoms. The first-order chi connectivity index (χ1) is 14.1. The Labute approximate surface area is 176 Å². The van der Waals surface area contributed by atoms with Crippen LogP contribution in [0.25, 0.3) is 10.9 Å². The van der Waals surface area contributed by atoms with Crippen molar-refractivity contribution in [1.82, 2.24) is 14.5 Å². The van der Waals surface area contributed by atoms with Crippen molar-refractivity contribution < 1.29 is 4.79 Å². The maximum Gasteiger partial charge on any atom is 0.261 e. The van der Waals surface area contributed by atoms with Gasteiger partial charge in [-0.05, 0) is 41.4 Å². The van der Waals surface area contributed by atoms with Gasteiger partial charge in [-0.1, -0.05) is 24.3 Å². The Morgan fingerprint density at radius 1 is 1.03 bits per heavy atom. The normalized spacial score (nSPS) is 11.1. The summed E-state index contributed by atoms with van der Waals surface area (Å²) in [5.41, 5.74) is 1.59. The van der Waals surface area contributed by atoms with Crippen molar-refractivity contribution in [3.8, 4) is 0 Å². The molecule has 1 aromatic carbocycles. The van der Waals surface area contributed by atoms with E-state index in [2.05, 4.69) is 4.98 Å². The third kappa shape index (κ3) is 4.46. The number of carbonyl (C=O) groups is 1. The van der Waals surface area contributed by atoms with E-state index in [0.717, 1.165) is 20.8 Å². The van der Waals surface area contributed by atoms with Crippen molar-refractivity contribution in [3.05, 3.63) is 85.2 Å². The second kappa shape index (κ2) is 8.71. The third-order valence-electron chi connectivity index (χ3n) is 4.83. The van der Waals surface area contributed by atoms with Crippen LogP contribution in [0.4, 0.5) is 0 Å². The molecule has 148 valence electrons. The predicted molar refractivity (Wildman–Crippen MR) is 118 cm³/mol. The number of para-hydroxylation sites is 1. The van der Waals surface area contributed by atoms with Crippen molar-refractivity contribution in [2.75, 3.05) is 0 Å². The summed E-state index contributed by atoms with van der Waals surface area (Å²) < 4.78 is 1.54. The molecule has 0 aliphatic carbocycles. The highest BCUT2D eigenvalue weighted by Gasteiger charge is 2.16. The second-order valence-corrected chi connectivity index (χ2v) is 8.94. The average molecular weight is 424 g/mol. The molecule has 5 nitrogen and oxygen atoms in total. The first-order valence-corrected chi connectivity index (χ1v) is 11.1. The van der Waals surface area contributed by atoms with Crippen molar-refractivity contribution in [2.24, 2.45) is 0 Å². The lowest BCUT2D eigenvalue weighted by Crippen LogP contribution is -2.31. The van der Waals surface area contributed by atoms with Crippen LogP contribution in [0.2, 0.25) is 0 Å². The Morgan fingerprint density at radius 3 is 2.34 bits per heavy atom. The van der Waals surface area contributed by atoms with Gasteiger partial charge in [0.25, 0.3) is 5.56 Å². The summed E-state index contributed by atoms with van der Waals surface area (Å²) in [5, 5.41) is 4.63. The number of benzene rings is 1. The Morgan fingerprint density at radius 2 is 1.72 bits per heavy atom. The lowest BCUT2D eigenvalue weighted by molar-refractivity contribution is -0.132. The first kappa shape index (κ1) is 19.5. The molecule has 29 heavy (non-hydrogen) atoms. The molecule has 0 saturated carbocycles. The molecule has 0 unspecified atom stereocenters. The van der Waals surface area contributed by atoms with Gasteiger partial charge < -0.3 is 4.90 Å². The number of aromatic nitrogens is 2. The minimum atomic E-state index is -0.102. The molecule has 0 N–H and O–H groups in total. The van der Waals surface area contributed by atoms with Crippen LogP contribution in [0.1, 0.15) is 21.7 Å². The molecule has 7 heteroatoms. The molecule has 0 aliphatic heterocycles. The smallest absolute Gasteiger partial charge is 0.261 e.